The van der Waals surface area contributed by atoms with Gasteiger partial charge in [0.25, 0.3) is 11.8 Å². The smallest absolute Gasteiger partial charge is 0.289 e. The van der Waals surface area contributed by atoms with Gasteiger partial charge in [-0.1, -0.05) is 0 Å². The number of aryl methyl sites for hydroxylation is 1. The highest BCUT2D eigenvalue weighted by molar-refractivity contribution is 5.91. The van der Waals surface area contributed by atoms with Crippen molar-refractivity contribution < 1.29 is 18.7 Å². The predicted molar refractivity (Wildman–Crippen MR) is 88.5 cm³/mol. The number of hydrogen-bond donors (Lipinski definition) is 1. The highest BCUT2D eigenvalue weighted by Gasteiger charge is 2.26. The van der Waals surface area contributed by atoms with E-state index in [1.54, 1.807) is 28.9 Å². The molecule has 132 valence electrons. The molecule has 1 aliphatic rings. The average molecular weight is 345 g/mol. The number of ether oxygens (including phenoxy) is 1. The van der Waals surface area contributed by atoms with Gasteiger partial charge in [0.05, 0.1) is 6.26 Å². The predicted octanol–water partition coefficient (Wildman–Crippen LogP) is 0.640. The van der Waals surface area contributed by atoms with Crippen molar-refractivity contribution in [2.24, 2.45) is 0 Å². The van der Waals surface area contributed by atoms with E-state index in [2.05, 4.69) is 4.98 Å². The minimum Gasteiger partial charge on any atom is -0.478 e. The fraction of sp³-hybridized carbons (Fsp3) is 0.353. The van der Waals surface area contributed by atoms with Crippen molar-refractivity contribution in [1.82, 2.24) is 14.8 Å². The molecule has 0 aliphatic carbocycles. The van der Waals surface area contributed by atoms with Crippen LogP contribution in [0.4, 0.5) is 0 Å². The van der Waals surface area contributed by atoms with Crippen LogP contribution in [0.5, 0.6) is 5.75 Å². The van der Waals surface area contributed by atoms with Crippen LogP contribution in [0.2, 0.25) is 0 Å². The van der Waals surface area contributed by atoms with E-state index in [-0.39, 0.29) is 29.6 Å². The molecule has 3 rings (SSSR count). The first-order valence-corrected chi connectivity index (χ1v) is 7.97. The van der Waals surface area contributed by atoms with Crippen molar-refractivity contribution in [2.45, 2.75) is 6.92 Å². The molecule has 8 heteroatoms. The van der Waals surface area contributed by atoms with Crippen molar-refractivity contribution in [2.75, 3.05) is 32.8 Å². The summed E-state index contributed by atoms with van der Waals surface area (Å²) in [5.74, 6) is 0.0110. The Balaban J connectivity index is 1.50. The van der Waals surface area contributed by atoms with Gasteiger partial charge in [-0.25, -0.2) is 0 Å². The van der Waals surface area contributed by atoms with Crippen molar-refractivity contribution >= 4 is 11.8 Å². The molecule has 0 bridgehead atoms. The molecule has 1 fully saturated rings. The normalized spacial score (nSPS) is 14.4. The molecule has 2 aromatic rings. The number of amides is 2. The van der Waals surface area contributed by atoms with Crippen LogP contribution in [0.1, 0.15) is 16.2 Å². The summed E-state index contributed by atoms with van der Waals surface area (Å²) in [6.07, 6.45) is 2.90. The molecule has 25 heavy (non-hydrogen) atoms. The fourth-order valence-corrected chi connectivity index (χ4v) is 2.62. The van der Waals surface area contributed by atoms with E-state index in [9.17, 15) is 14.4 Å². The summed E-state index contributed by atoms with van der Waals surface area (Å²) in [5, 5.41) is 0. The molecule has 0 atom stereocenters. The molecule has 0 unspecified atom stereocenters. The lowest BCUT2D eigenvalue weighted by Gasteiger charge is -2.34. The molecule has 2 amide bonds. The van der Waals surface area contributed by atoms with Gasteiger partial charge < -0.3 is 23.9 Å². The number of pyridine rings is 1. The minimum atomic E-state index is -0.266. The van der Waals surface area contributed by atoms with E-state index < -0.39 is 0 Å². The maximum Gasteiger partial charge on any atom is 0.289 e. The number of aromatic nitrogens is 1. The molecule has 8 nitrogen and oxygen atoms in total. The van der Waals surface area contributed by atoms with Crippen LogP contribution in [0.3, 0.4) is 0 Å². The van der Waals surface area contributed by atoms with Gasteiger partial charge in [0, 0.05) is 44.1 Å². The van der Waals surface area contributed by atoms with Gasteiger partial charge in [-0.05, 0) is 19.1 Å². The molecule has 1 N–H and O–H groups in total. The van der Waals surface area contributed by atoms with Gasteiger partial charge in [0.15, 0.2) is 18.1 Å². The van der Waals surface area contributed by atoms with Crippen LogP contribution < -0.4 is 10.2 Å². The number of carbonyl (C=O) groups excluding carboxylic acids is 2. The zero-order valence-electron chi connectivity index (χ0n) is 13.9. The third kappa shape index (κ3) is 3.90. The number of piperazine rings is 1. The van der Waals surface area contributed by atoms with Crippen LogP contribution in [0.15, 0.2) is 39.9 Å². The molecule has 3 heterocycles. The van der Waals surface area contributed by atoms with Crippen molar-refractivity contribution in [1.29, 1.82) is 0 Å². The zero-order chi connectivity index (χ0) is 17.8. The Morgan fingerprint density at radius 1 is 1.24 bits per heavy atom. The Kier molecular flexibility index (Phi) is 4.87. The number of H-pyrrole nitrogens is 1. The zero-order valence-corrected chi connectivity index (χ0v) is 13.9. The van der Waals surface area contributed by atoms with Gasteiger partial charge >= 0.3 is 0 Å². The summed E-state index contributed by atoms with van der Waals surface area (Å²) in [6, 6.07) is 4.70. The summed E-state index contributed by atoms with van der Waals surface area (Å²) in [6.45, 7) is 3.24. The molecule has 0 aromatic carbocycles. The fourth-order valence-electron chi connectivity index (χ4n) is 2.62. The third-order valence-electron chi connectivity index (χ3n) is 4.02. The van der Waals surface area contributed by atoms with E-state index in [0.29, 0.717) is 31.9 Å². The molecule has 1 saturated heterocycles. The second-order valence-electron chi connectivity index (χ2n) is 5.78. The summed E-state index contributed by atoms with van der Waals surface area (Å²) in [7, 11) is 0. The monoisotopic (exact) mass is 345 g/mol. The molecule has 0 spiro atoms. The van der Waals surface area contributed by atoms with Crippen LogP contribution in [0, 0.1) is 6.92 Å². The second kappa shape index (κ2) is 7.25. The maximum atomic E-state index is 12.2. The van der Waals surface area contributed by atoms with Gasteiger partial charge in [-0.15, -0.1) is 0 Å². The molecule has 0 saturated carbocycles. The number of nitrogens with zero attached hydrogens (tertiary/aromatic N) is 2. The highest BCUT2D eigenvalue weighted by Crippen LogP contribution is 2.10. The molecule has 0 radical (unpaired) electrons. The minimum absolute atomic E-state index is 0.116. The van der Waals surface area contributed by atoms with E-state index >= 15 is 0 Å². The number of carbonyl (C=O) groups is 2. The van der Waals surface area contributed by atoms with Gasteiger partial charge in [-0.3, -0.25) is 14.4 Å². The Morgan fingerprint density at radius 3 is 2.60 bits per heavy atom. The van der Waals surface area contributed by atoms with Crippen molar-refractivity contribution in [3.63, 3.8) is 0 Å². The largest absolute Gasteiger partial charge is 0.478 e. The van der Waals surface area contributed by atoms with Crippen molar-refractivity contribution in [3.8, 4) is 5.75 Å². The number of nitrogens with one attached hydrogen (secondary N) is 1. The number of furan rings is 1. The molecular weight excluding hydrogens is 326 g/mol. The Hall–Kier alpha value is -3.03. The van der Waals surface area contributed by atoms with Gasteiger partial charge in [0.2, 0.25) is 5.43 Å². The summed E-state index contributed by atoms with van der Waals surface area (Å²) >= 11 is 0. The van der Waals surface area contributed by atoms with Crippen LogP contribution in [0.25, 0.3) is 0 Å². The Bertz CT molecular complexity index is 804. The number of rotatable bonds is 4. The maximum absolute atomic E-state index is 12.2. The lowest BCUT2D eigenvalue weighted by Crippen LogP contribution is -2.51. The van der Waals surface area contributed by atoms with Gasteiger partial charge in [0.1, 0.15) is 0 Å². The number of aromatic amines is 1. The first kappa shape index (κ1) is 16.8. The van der Waals surface area contributed by atoms with E-state index in [4.69, 9.17) is 9.15 Å². The van der Waals surface area contributed by atoms with Crippen LogP contribution >= 0.6 is 0 Å². The Morgan fingerprint density at radius 2 is 1.96 bits per heavy atom. The van der Waals surface area contributed by atoms with E-state index in [1.165, 1.54) is 18.5 Å². The highest BCUT2D eigenvalue weighted by atomic mass is 16.5. The standard InChI is InChI=1S/C17H19N3O5/c1-12-9-13(21)15(10-18-12)25-11-16(22)19-4-6-20(7-5-19)17(23)14-3-2-8-24-14/h2-3,8-10H,4-7,11H2,1H3,(H,18,21). The lowest BCUT2D eigenvalue weighted by atomic mass is 10.3. The quantitative estimate of drug-likeness (QED) is 0.877. The van der Waals surface area contributed by atoms with Crippen LogP contribution in [-0.2, 0) is 4.79 Å². The van der Waals surface area contributed by atoms with E-state index in [1.807, 2.05) is 0 Å². The average Bonchev–Trinajstić information content (AvgIpc) is 3.15. The second-order valence-corrected chi connectivity index (χ2v) is 5.78. The Labute approximate surface area is 144 Å². The SMILES string of the molecule is Cc1cc(=O)c(OCC(=O)N2CCN(C(=O)c3ccco3)CC2)c[nH]1. The summed E-state index contributed by atoms with van der Waals surface area (Å²) in [4.78, 5) is 42.3. The van der Waals surface area contributed by atoms with Gasteiger partial charge in [-0.2, -0.15) is 0 Å². The topological polar surface area (TPSA) is 95.9 Å². The first-order chi connectivity index (χ1) is 12.0. The van der Waals surface area contributed by atoms with E-state index in [0.717, 1.165) is 5.69 Å². The summed E-state index contributed by atoms with van der Waals surface area (Å²) in [5.41, 5.74) is 0.457. The van der Waals surface area contributed by atoms with Crippen LogP contribution in [-0.4, -0.2) is 59.4 Å². The third-order valence-corrected chi connectivity index (χ3v) is 4.02. The molecule has 1 aliphatic heterocycles. The summed E-state index contributed by atoms with van der Waals surface area (Å²) < 4.78 is 10.4. The lowest BCUT2D eigenvalue weighted by molar-refractivity contribution is -0.134. The van der Waals surface area contributed by atoms with Crippen molar-refractivity contribution in [3.05, 3.63) is 52.3 Å². The molecular formula is C17H19N3O5. The molecule has 2 aromatic heterocycles. The first-order valence-electron chi connectivity index (χ1n) is 7.97. The number of hydrogen-bond acceptors (Lipinski definition) is 5.